The van der Waals surface area contributed by atoms with Crippen molar-refractivity contribution >= 4 is 21.6 Å². The number of carbonyl (C=O) groups excluding carboxylic acids is 1. The lowest BCUT2D eigenvalue weighted by atomic mass is 10.2. The standard InChI is InChI=1S/C23H24N2O5S/c1-24-23(26)21-16-20(11-12-22(21)29-2)31(27,28)25-18-9-6-10-19(15-18)30-14-13-17-7-4-3-5-8-17/h3-12,15-16,25H,13-14H2,1-2H3,(H,24,26). The van der Waals surface area contributed by atoms with Crippen LogP contribution in [0.5, 0.6) is 11.5 Å². The number of ether oxygens (including phenoxy) is 2. The van der Waals surface area contributed by atoms with Crippen LogP contribution in [0.15, 0.2) is 77.7 Å². The summed E-state index contributed by atoms with van der Waals surface area (Å²) in [4.78, 5) is 12.0. The highest BCUT2D eigenvalue weighted by molar-refractivity contribution is 7.92. The molecule has 0 aliphatic carbocycles. The molecule has 2 N–H and O–H groups in total. The summed E-state index contributed by atoms with van der Waals surface area (Å²) in [5.41, 5.74) is 1.64. The van der Waals surface area contributed by atoms with Crippen molar-refractivity contribution in [2.75, 3.05) is 25.5 Å². The van der Waals surface area contributed by atoms with Crippen LogP contribution in [-0.4, -0.2) is 35.1 Å². The molecule has 0 fully saturated rings. The molecule has 0 heterocycles. The molecule has 3 aromatic rings. The number of hydrogen-bond acceptors (Lipinski definition) is 5. The second-order valence-electron chi connectivity index (χ2n) is 6.66. The topological polar surface area (TPSA) is 93.7 Å². The summed E-state index contributed by atoms with van der Waals surface area (Å²) in [6.45, 7) is 0.466. The molecule has 7 nitrogen and oxygen atoms in total. The van der Waals surface area contributed by atoms with Crippen LogP contribution in [0.25, 0.3) is 0 Å². The van der Waals surface area contributed by atoms with E-state index in [1.165, 1.54) is 32.4 Å². The Hall–Kier alpha value is -3.52. The molecule has 0 atom stereocenters. The van der Waals surface area contributed by atoms with Gasteiger partial charge in [0.15, 0.2) is 0 Å². The van der Waals surface area contributed by atoms with Crippen LogP contribution in [0, 0.1) is 0 Å². The number of sulfonamides is 1. The van der Waals surface area contributed by atoms with Gasteiger partial charge in [0, 0.05) is 19.5 Å². The van der Waals surface area contributed by atoms with Crippen molar-refractivity contribution < 1.29 is 22.7 Å². The lowest BCUT2D eigenvalue weighted by Gasteiger charge is -2.13. The van der Waals surface area contributed by atoms with Gasteiger partial charge in [0.05, 0.1) is 29.9 Å². The van der Waals surface area contributed by atoms with E-state index >= 15 is 0 Å². The maximum absolute atomic E-state index is 12.9. The zero-order valence-corrected chi connectivity index (χ0v) is 18.1. The van der Waals surface area contributed by atoms with E-state index in [9.17, 15) is 13.2 Å². The first-order valence-electron chi connectivity index (χ1n) is 9.62. The molecule has 31 heavy (non-hydrogen) atoms. The number of nitrogens with one attached hydrogen (secondary N) is 2. The highest BCUT2D eigenvalue weighted by Crippen LogP contribution is 2.25. The fourth-order valence-electron chi connectivity index (χ4n) is 2.96. The average molecular weight is 441 g/mol. The third kappa shape index (κ3) is 5.76. The van der Waals surface area contributed by atoms with E-state index in [2.05, 4.69) is 10.0 Å². The van der Waals surface area contributed by atoms with Crippen LogP contribution >= 0.6 is 0 Å². The summed E-state index contributed by atoms with van der Waals surface area (Å²) in [6, 6.07) is 20.8. The summed E-state index contributed by atoms with van der Waals surface area (Å²) in [7, 11) is -1.05. The molecule has 1 amide bonds. The summed E-state index contributed by atoms with van der Waals surface area (Å²) < 4.78 is 39.1. The highest BCUT2D eigenvalue weighted by Gasteiger charge is 2.19. The Labute approximate surface area is 182 Å². The molecule has 3 aromatic carbocycles. The van der Waals surface area contributed by atoms with Crippen LogP contribution in [0.2, 0.25) is 0 Å². The van der Waals surface area contributed by atoms with E-state index < -0.39 is 15.9 Å². The third-order valence-electron chi connectivity index (χ3n) is 4.54. The van der Waals surface area contributed by atoms with Crippen molar-refractivity contribution in [1.29, 1.82) is 0 Å². The van der Waals surface area contributed by atoms with Crippen molar-refractivity contribution in [2.24, 2.45) is 0 Å². The Morgan fingerprint density at radius 1 is 0.968 bits per heavy atom. The summed E-state index contributed by atoms with van der Waals surface area (Å²) >= 11 is 0. The van der Waals surface area contributed by atoms with E-state index in [0.717, 1.165) is 12.0 Å². The van der Waals surface area contributed by atoms with Gasteiger partial charge < -0.3 is 14.8 Å². The lowest BCUT2D eigenvalue weighted by molar-refractivity contribution is 0.0960. The Morgan fingerprint density at radius 2 is 1.74 bits per heavy atom. The predicted molar refractivity (Wildman–Crippen MR) is 119 cm³/mol. The van der Waals surface area contributed by atoms with Gasteiger partial charge in [-0.2, -0.15) is 0 Å². The monoisotopic (exact) mass is 440 g/mol. The fraction of sp³-hybridized carbons (Fsp3) is 0.174. The first-order valence-corrected chi connectivity index (χ1v) is 11.1. The normalized spacial score (nSPS) is 10.9. The zero-order valence-electron chi connectivity index (χ0n) is 17.3. The van der Waals surface area contributed by atoms with E-state index in [4.69, 9.17) is 9.47 Å². The minimum Gasteiger partial charge on any atom is -0.496 e. The van der Waals surface area contributed by atoms with Crippen molar-refractivity contribution in [2.45, 2.75) is 11.3 Å². The molecule has 0 saturated heterocycles. The molecule has 3 rings (SSSR count). The van der Waals surface area contributed by atoms with Crippen LogP contribution < -0.4 is 19.5 Å². The van der Waals surface area contributed by atoms with Crippen molar-refractivity contribution in [1.82, 2.24) is 5.32 Å². The van der Waals surface area contributed by atoms with Gasteiger partial charge >= 0.3 is 0 Å². The largest absolute Gasteiger partial charge is 0.496 e. The first-order chi connectivity index (χ1) is 14.9. The summed E-state index contributed by atoms with van der Waals surface area (Å²) in [6.07, 6.45) is 0.741. The molecule has 0 bridgehead atoms. The smallest absolute Gasteiger partial charge is 0.261 e. The van der Waals surface area contributed by atoms with Gasteiger partial charge in [-0.1, -0.05) is 36.4 Å². The number of benzene rings is 3. The number of amides is 1. The molecule has 0 aromatic heterocycles. The highest BCUT2D eigenvalue weighted by atomic mass is 32.2. The van der Waals surface area contributed by atoms with Gasteiger partial charge in [-0.3, -0.25) is 9.52 Å². The van der Waals surface area contributed by atoms with Gasteiger partial charge in [0.1, 0.15) is 11.5 Å². The van der Waals surface area contributed by atoms with Gasteiger partial charge in [0.25, 0.3) is 15.9 Å². The molecule has 0 aliphatic rings. The maximum atomic E-state index is 12.9. The number of carbonyl (C=O) groups is 1. The van der Waals surface area contributed by atoms with Gasteiger partial charge in [-0.05, 0) is 35.9 Å². The van der Waals surface area contributed by atoms with Crippen molar-refractivity contribution in [3.05, 3.63) is 83.9 Å². The molecule has 0 saturated carbocycles. The van der Waals surface area contributed by atoms with Crippen molar-refractivity contribution in [3.8, 4) is 11.5 Å². The number of methoxy groups -OCH3 is 1. The number of hydrogen-bond donors (Lipinski definition) is 2. The fourth-order valence-corrected chi connectivity index (χ4v) is 4.04. The molecule has 0 spiro atoms. The van der Waals surface area contributed by atoms with E-state index in [0.29, 0.717) is 18.0 Å². The Morgan fingerprint density at radius 3 is 2.45 bits per heavy atom. The van der Waals surface area contributed by atoms with Crippen LogP contribution in [0.4, 0.5) is 5.69 Å². The Balaban J connectivity index is 1.73. The van der Waals surface area contributed by atoms with Crippen LogP contribution in [-0.2, 0) is 16.4 Å². The van der Waals surface area contributed by atoms with Crippen LogP contribution in [0.3, 0.4) is 0 Å². The first kappa shape index (κ1) is 22.2. The Kier molecular flexibility index (Phi) is 7.15. The second-order valence-corrected chi connectivity index (χ2v) is 8.34. The molecule has 162 valence electrons. The molecule has 0 unspecified atom stereocenters. The minimum absolute atomic E-state index is 0.0534. The van der Waals surface area contributed by atoms with Crippen molar-refractivity contribution in [3.63, 3.8) is 0 Å². The lowest BCUT2D eigenvalue weighted by Crippen LogP contribution is -2.20. The summed E-state index contributed by atoms with van der Waals surface area (Å²) in [5.74, 6) is 0.395. The second kappa shape index (κ2) is 9.99. The maximum Gasteiger partial charge on any atom is 0.261 e. The SMILES string of the molecule is CNC(=O)c1cc(S(=O)(=O)Nc2cccc(OCCc3ccccc3)c2)ccc1OC. The zero-order chi connectivity index (χ0) is 22.3. The Bertz CT molecular complexity index is 1150. The van der Waals surface area contributed by atoms with Gasteiger partial charge in [-0.25, -0.2) is 8.42 Å². The van der Waals surface area contributed by atoms with E-state index in [-0.39, 0.29) is 16.2 Å². The van der Waals surface area contributed by atoms with Gasteiger partial charge in [0.2, 0.25) is 0 Å². The number of anilines is 1. The molecule has 0 radical (unpaired) electrons. The third-order valence-corrected chi connectivity index (χ3v) is 5.92. The van der Waals surface area contributed by atoms with Crippen LogP contribution in [0.1, 0.15) is 15.9 Å². The number of rotatable bonds is 9. The van der Waals surface area contributed by atoms with E-state index in [1.54, 1.807) is 24.3 Å². The summed E-state index contributed by atoms with van der Waals surface area (Å²) in [5, 5.41) is 2.47. The average Bonchev–Trinajstić information content (AvgIpc) is 2.78. The van der Waals surface area contributed by atoms with E-state index in [1.807, 2.05) is 30.3 Å². The van der Waals surface area contributed by atoms with Gasteiger partial charge in [-0.15, -0.1) is 0 Å². The minimum atomic E-state index is -3.92. The predicted octanol–water partition coefficient (Wildman–Crippen LogP) is 3.48. The quantitative estimate of drug-likeness (QED) is 0.531. The molecule has 8 heteroatoms. The molecular formula is C23H24N2O5S. The molecular weight excluding hydrogens is 416 g/mol. The molecule has 0 aliphatic heterocycles.